The molecular formula is C24H28N2O5. The van der Waals surface area contributed by atoms with Crippen molar-refractivity contribution in [2.75, 3.05) is 11.9 Å². The minimum atomic E-state index is -1.60. The maximum atomic E-state index is 12.7. The second-order valence-electron chi connectivity index (χ2n) is 7.66. The summed E-state index contributed by atoms with van der Waals surface area (Å²) in [5.74, 6) is -2.27. The van der Waals surface area contributed by atoms with Crippen LogP contribution in [0, 0.1) is 13.8 Å². The highest BCUT2D eigenvalue weighted by Crippen LogP contribution is 2.18. The highest BCUT2D eigenvalue weighted by molar-refractivity contribution is 6.06. The van der Waals surface area contributed by atoms with Crippen molar-refractivity contribution in [2.24, 2.45) is 0 Å². The molecule has 0 spiro atoms. The van der Waals surface area contributed by atoms with Gasteiger partial charge in [-0.05, 0) is 39.8 Å². The number of rotatable bonds is 9. The largest absolute Gasteiger partial charge is 0.464 e. The Morgan fingerprint density at radius 3 is 1.97 bits per heavy atom. The number of nitrogens with one attached hydrogen (secondary N) is 2. The van der Waals surface area contributed by atoms with E-state index in [4.69, 9.17) is 4.74 Å². The Hall–Kier alpha value is -3.48. The molecular weight excluding hydrogens is 396 g/mol. The van der Waals surface area contributed by atoms with Crippen LogP contribution < -0.4 is 10.6 Å². The first-order valence-electron chi connectivity index (χ1n) is 10.1. The summed E-state index contributed by atoms with van der Waals surface area (Å²) < 4.78 is 5.07. The lowest BCUT2D eigenvalue weighted by Crippen LogP contribution is -2.54. The van der Waals surface area contributed by atoms with Crippen molar-refractivity contribution in [1.82, 2.24) is 5.32 Å². The van der Waals surface area contributed by atoms with Crippen molar-refractivity contribution in [3.8, 4) is 0 Å². The summed E-state index contributed by atoms with van der Waals surface area (Å²) in [5.41, 5.74) is 1.43. The van der Waals surface area contributed by atoms with E-state index in [1.54, 1.807) is 43.3 Å². The summed E-state index contributed by atoms with van der Waals surface area (Å²) >= 11 is 0. The lowest BCUT2D eigenvalue weighted by atomic mass is 9.91. The number of hydrogen-bond acceptors (Lipinski definition) is 5. The number of anilines is 1. The Labute approximate surface area is 182 Å². The number of hydrogen-bond donors (Lipinski definition) is 2. The molecule has 0 saturated heterocycles. The number of Topliss-reactive ketones (excluding diaryl/α,β-unsaturated/α-hetero) is 1. The molecule has 7 heteroatoms. The van der Waals surface area contributed by atoms with E-state index in [1.165, 1.54) is 6.92 Å². The first-order chi connectivity index (χ1) is 14.6. The fraction of sp³-hybridized carbons (Fsp3) is 0.333. The molecule has 0 aliphatic rings. The Morgan fingerprint density at radius 1 is 0.871 bits per heavy atom. The van der Waals surface area contributed by atoms with Gasteiger partial charge in [0.2, 0.25) is 11.8 Å². The van der Waals surface area contributed by atoms with Crippen LogP contribution in [0.5, 0.6) is 0 Å². The first kappa shape index (κ1) is 23.8. The van der Waals surface area contributed by atoms with Gasteiger partial charge in [0, 0.05) is 17.7 Å². The molecule has 2 amide bonds. The highest BCUT2D eigenvalue weighted by Gasteiger charge is 2.39. The summed E-state index contributed by atoms with van der Waals surface area (Å²) in [6.45, 7) is 6.98. The normalized spacial score (nSPS) is 12.4. The minimum Gasteiger partial charge on any atom is -0.464 e. The first-order valence-corrected chi connectivity index (χ1v) is 10.1. The molecule has 2 rings (SSSR count). The van der Waals surface area contributed by atoms with Crippen LogP contribution in [0.2, 0.25) is 0 Å². The molecule has 0 bridgehead atoms. The second kappa shape index (κ2) is 10.5. The molecule has 0 radical (unpaired) electrons. The van der Waals surface area contributed by atoms with Crippen LogP contribution >= 0.6 is 0 Å². The number of benzene rings is 2. The molecule has 0 fully saturated rings. The minimum absolute atomic E-state index is 0.0942. The molecule has 2 aromatic rings. The fourth-order valence-electron chi connectivity index (χ4n) is 2.96. The lowest BCUT2D eigenvalue weighted by Gasteiger charge is -2.28. The van der Waals surface area contributed by atoms with Gasteiger partial charge in [0.15, 0.2) is 5.78 Å². The monoisotopic (exact) mass is 424 g/mol. The number of ketones is 1. The van der Waals surface area contributed by atoms with Gasteiger partial charge < -0.3 is 15.4 Å². The van der Waals surface area contributed by atoms with Gasteiger partial charge in [0.1, 0.15) is 12.0 Å². The molecule has 2 N–H and O–H groups in total. The van der Waals surface area contributed by atoms with Crippen LogP contribution in [0.4, 0.5) is 5.69 Å². The lowest BCUT2D eigenvalue weighted by molar-refractivity contribution is -0.152. The summed E-state index contributed by atoms with van der Waals surface area (Å²) in [4.78, 5) is 50.0. The number of carbonyl (C=O) groups is 4. The van der Waals surface area contributed by atoms with Gasteiger partial charge >= 0.3 is 5.97 Å². The van der Waals surface area contributed by atoms with Crippen molar-refractivity contribution in [3.63, 3.8) is 0 Å². The number of amides is 2. The predicted octanol–water partition coefficient (Wildman–Crippen LogP) is 3.34. The maximum absolute atomic E-state index is 12.7. The van der Waals surface area contributed by atoms with E-state index in [0.717, 1.165) is 11.1 Å². The molecule has 0 aliphatic carbocycles. The molecule has 31 heavy (non-hydrogen) atoms. The van der Waals surface area contributed by atoms with Gasteiger partial charge in [0.05, 0.1) is 6.61 Å². The average molecular weight is 424 g/mol. The number of esters is 1. The molecule has 2 aromatic carbocycles. The van der Waals surface area contributed by atoms with E-state index in [2.05, 4.69) is 10.6 Å². The number of ether oxygens (including phenoxy) is 1. The zero-order valence-electron chi connectivity index (χ0n) is 18.3. The second-order valence-corrected chi connectivity index (χ2v) is 7.66. The molecule has 1 atom stereocenters. The Bertz CT molecular complexity index is 951. The Morgan fingerprint density at radius 2 is 1.42 bits per heavy atom. The molecule has 0 saturated carbocycles. The van der Waals surface area contributed by atoms with Crippen LogP contribution in [0.1, 0.15) is 48.2 Å². The van der Waals surface area contributed by atoms with Crippen LogP contribution in [-0.2, 0) is 19.1 Å². The van der Waals surface area contributed by atoms with Gasteiger partial charge in [-0.1, -0.05) is 47.5 Å². The van der Waals surface area contributed by atoms with Crippen LogP contribution in [0.25, 0.3) is 0 Å². The van der Waals surface area contributed by atoms with Crippen molar-refractivity contribution in [2.45, 2.75) is 46.1 Å². The Balaban J connectivity index is 2.07. The molecule has 164 valence electrons. The SMILES string of the molecule is CCOC(=O)C(C)(CC(=O)c1ccc(C)cc1)NC(=O)CC(=O)Nc1ccc(C)cc1. The number of carbonyl (C=O) groups excluding carboxylic acids is 4. The maximum Gasteiger partial charge on any atom is 0.332 e. The molecule has 7 nitrogen and oxygen atoms in total. The summed E-state index contributed by atoms with van der Waals surface area (Å²) in [7, 11) is 0. The zero-order chi connectivity index (χ0) is 23.0. The van der Waals surface area contributed by atoms with Crippen molar-refractivity contribution in [1.29, 1.82) is 0 Å². The highest BCUT2D eigenvalue weighted by atomic mass is 16.5. The Kier molecular flexibility index (Phi) is 8.07. The van der Waals surface area contributed by atoms with Crippen LogP contribution in [-0.4, -0.2) is 35.7 Å². The third kappa shape index (κ3) is 7.06. The number of aryl methyl sites for hydroxylation is 2. The van der Waals surface area contributed by atoms with Crippen molar-refractivity contribution < 1.29 is 23.9 Å². The molecule has 0 aliphatic heterocycles. The third-order valence-electron chi connectivity index (χ3n) is 4.69. The van der Waals surface area contributed by atoms with E-state index in [1.807, 2.05) is 26.0 Å². The smallest absolute Gasteiger partial charge is 0.332 e. The van der Waals surface area contributed by atoms with Gasteiger partial charge in [-0.15, -0.1) is 0 Å². The molecule has 0 aromatic heterocycles. The van der Waals surface area contributed by atoms with E-state index < -0.39 is 29.7 Å². The third-order valence-corrected chi connectivity index (χ3v) is 4.69. The van der Waals surface area contributed by atoms with E-state index >= 15 is 0 Å². The standard InChI is InChI=1S/C24H28N2O5/c1-5-31-23(30)24(4,15-20(27)18-10-6-16(2)7-11-18)26-22(29)14-21(28)25-19-12-8-17(3)9-13-19/h6-13H,5,14-15H2,1-4H3,(H,25,28)(H,26,29). The van der Waals surface area contributed by atoms with Gasteiger partial charge in [0.25, 0.3) is 0 Å². The average Bonchev–Trinajstić information content (AvgIpc) is 2.70. The van der Waals surface area contributed by atoms with Gasteiger partial charge in [-0.2, -0.15) is 0 Å². The predicted molar refractivity (Wildman–Crippen MR) is 118 cm³/mol. The summed E-state index contributed by atoms with van der Waals surface area (Å²) in [6.07, 6.45) is -0.790. The summed E-state index contributed by atoms with van der Waals surface area (Å²) in [5, 5.41) is 5.15. The van der Waals surface area contributed by atoms with E-state index in [-0.39, 0.29) is 18.8 Å². The van der Waals surface area contributed by atoms with Crippen molar-refractivity contribution in [3.05, 3.63) is 65.2 Å². The zero-order valence-corrected chi connectivity index (χ0v) is 18.3. The van der Waals surface area contributed by atoms with E-state index in [0.29, 0.717) is 11.3 Å². The van der Waals surface area contributed by atoms with Crippen LogP contribution in [0.15, 0.2) is 48.5 Å². The molecule has 1 unspecified atom stereocenters. The van der Waals surface area contributed by atoms with Gasteiger partial charge in [-0.25, -0.2) is 4.79 Å². The molecule has 0 heterocycles. The fourth-order valence-corrected chi connectivity index (χ4v) is 2.96. The summed E-state index contributed by atoms with van der Waals surface area (Å²) in [6, 6.07) is 14.1. The quantitative estimate of drug-likeness (QED) is 0.365. The topological polar surface area (TPSA) is 102 Å². The van der Waals surface area contributed by atoms with E-state index in [9.17, 15) is 19.2 Å². The van der Waals surface area contributed by atoms with Gasteiger partial charge in [-0.3, -0.25) is 14.4 Å². The van der Waals surface area contributed by atoms with Crippen LogP contribution in [0.3, 0.4) is 0 Å². The van der Waals surface area contributed by atoms with Crippen molar-refractivity contribution >= 4 is 29.3 Å².